The van der Waals surface area contributed by atoms with E-state index in [9.17, 15) is 18.3 Å². The summed E-state index contributed by atoms with van der Waals surface area (Å²) < 4.78 is 41.0. The molecule has 118 valence electrons. The number of nitrogens with zero attached hydrogens (tertiary/aromatic N) is 1. The molecule has 0 aliphatic heterocycles. The highest BCUT2D eigenvalue weighted by Gasteiger charge is 2.32. The molecule has 0 aliphatic rings. The van der Waals surface area contributed by atoms with E-state index in [-0.39, 0.29) is 0 Å². The molecule has 23 heavy (non-hydrogen) atoms. The molecule has 0 spiro atoms. The van der Waals surface area contributed by atoms with Crippen molar-refractivity contribution in [3.63, 3.8) is 0 Å². The second kappa shape index (κ2) is 5.46. The van der Waals surface area contributed by atoms with E-state index in [2.05, 4.69) is 9.72 Å². The largest absolute Gasteiger partial charge is 0.573 e. The Labute approximate surface area is 130 Å². The van der Waals surface area contributed by atoms with Gasteiger partial charge in [0.05, 0.1) is 11.2 Å². The maximum absolute atomic E-state index is 12.4. The first-order chi connectivity index (χ1) is 10.8. The van der Waals surface area contributed by atoms with Gasteiger partial charge in [0.15, 0.2) is 11.5 Å². The van der Waals surface area contributed by atoms with E-state index < -0.39 is 17.9 Å². The molecule has 3 aromatic rings. The monoisotopic (exact) mass is 319 g/mol. The smallest absolute Gasteiger partial charge is 0.504 e. The van der Waals surface area contributed by atoms with Gasteiger partial charge in [0.25, 0.3) is 0 Å². The number of phenols is 1. The molecule has 3 rings (SSSR count). The van der Waals surface area contributed by atoms with E-state index in [1.54, 1.807) is 6.07 Å². The lowest BCUT2D eigenvalue weighted by Gasteiger charge is -2.12. The number of fused-ring (bicyclic) bond motifs is 1. The summed E-state index contributed by atoms with van der Waals surface area (Å²) in [5.41, 5.74) is 2.63. The third kappa shape index (κ3) is 3.21. The van der Waals surface area contributed by atoms with Gasteiger partial charge in [-0.2, -0.15) is 0 Å². The van der Waals surface area contributed by atoms with Gasteiger partial charge in [-0.25, -0.2) is 4.98 Å². The SMILES string of the molecule is Cc1cc(-c2ccc(O)c(OC(F)(F)F)c2)nc2ccccc12. The van der Waals surface area contributed by atoms with Crippen LogP contribution >= 0.6 is 0 Å². The quantitative estimate of drug-likeness (QED) is 0.737. The number of aryl methyl sites for hydroxylation is 1. The van der Waals surface area contributed by atoms with Gasteiger partial charge >= 0.3 is 6.36 Å². The van der Waals surface area contributed by atoms with Crippen LogP contribution < -0.4 is 4.74 Å². The molecule has 6 heteroatoms. The van der Waals surface area contributed by atoms with Crippen molar-refractivity contribution in [2.24, 2.45) is 0 Å². The maximum atomic E-state index is 12.4. The Hall–Kier alpha value is -2.76. The Morgan fingerprint density at radius 3 is 2.52 bits per heavy atom. The number of benzene rings is 2. The zero-order chi connectivity index (χ0) is 16.6. The third-order valence-electron chi connectivity index (χ3n) is 3.40. The fourth-order valence-corrected chi connectivity index (χ4v) is 2.38. The second-order valence-electron chi connectivity index (χ2n) is 5.07. The molecular weight excluding hydrogens is 307 g/mol. The number of phenolic OH excluding ortho intramolecular Hbond substituents is 1. The van der Waals surface area contributed by atoms with E-state index >= 15 is 0 Å². The average Bonchev–Trinajstić information content (AvgIpc) is 2.48. The molecule has 1 aromatic heterocycles. The van der Waals surface area contributed by atoms with Crippen molar-refractivity contribution in [1.29, 1.82) is 0 Å². The van der Waals surface area contributed by atoms with Crippen LogP contribution in [0.2, 0.25) is 0 Å². The van der Waals surface area contributed by atoms with Crippen LogP contribution in [0, 0.1) is 6.92 Å². The molecule has 1 heterocycles. The number of alkyl halides is 3. The fraction of sp³-hybridized carbons (Fsp3) is 0.118. The molecule has 0 saturated heterocycles. The summed E-state index contributed by atoms with van der Waals surface area (Å²) in [5, 5.41) is 10.5. The molecule has 0 saturated carbocycles. The molecule has 0 unspecified atom stereocenters. The number of aromatic hydroxyl groups is 1. The van der Waals surface area contributed by atoms with E-state index in [1.807, 2.05) is 31.2 Å². The number of aromatic nitrogens is 1. The first-order valence-corrected chi connectivity index (χ1v) is 6.79. The van der Waals surface area contributed by atoms with Gasteiger partial charge < -0.3 is 9.84 Å². The number of rotatable bonds is 2. The fourth-order valence-electron chi connectivity index (χ4n) is 2.38. The summed E-state index contributed by atoms with van der Waals surface area (Å²) in [6, 6.07) is 13.1. The number of para-hydroxylation sites is 1. The van der Waals surface area contributed by atoms with Gasteiger partial charge in [-0.05, 0) is 42.8 Å². The Morgan fingerprint density at radius 1 is 1.04 bits per heavy atom. The predicted molar refractivity (Wildman–Crippen MR) is 80.3 cm³/mol. The summed E-state index contributed by atoms with van der Waals surface area (Å²) in [4.78, 5) is 4.46. The zero-order valence-corrected chi connectivity index (χ0v) is 12.1. The van der Waals surface area contributed by atoms with Crippen molar-refractivity contribution in [2.45, 2.75) is 13.3 Å². The van der Waals surface area contributed by atoms with Crippen LogP contribution in [0.15, 0.2) is 48.5 Å². The molecule has 0 aliphatic carbocycles. The van der Waals surface area contributed by atoms with Crippen molar-refractivity contribution < 1.29 is 23.0 Å². The van der Waals surface area contributed by atoms with Crippen molar-refractivity contribution in [3.8, 4) is 22.8 Å². The minimum atomic E-state index is -4.87. The topological polar surface area (TPSA) is 42.4 Å². The number of halogens is 3. The summed E-state index contributed by atoms with van der Waals surface area (Å²) in [7, 11) is 0. The van der Waals surface area contributed by atoms with Crippen LogP contribution in [-0.4, -0.2) is 16.5 Å². The number of ether oxygens (including phenoxy) is 1. The van der Waals surface area contributed by atoms with Gasteiger partial charge in [0, 0.05) is 10.9 Å². The Morgan fingerprint density at radius 2 is 1.78 bits per heavy atom. The molecule has 2 aromatic carbocycles. The molecule has 3 nitrogen and oxygen atoms in total. The predicted octanol–water partition coefficient (Wildman–Crippen LogP) is 4.81. The van der Waals surface area contributed by atoms with Gasteiger partial charge in [-0.1, -0.05) is 18.2 Å². The first-order valence-electron chi connectivity index (χ1n) is 6.79. The van der Waals surface area contributed by atoms with Crippen molar-refractivity contribution >= 4 is 10.9 Å². The summed E-state index contributed by atoms with van der Waals surface area (Å²) in [6.07, 6.45) is -4.87. The molecular formula is C17H12F3NO2. The van der Waals surface area contributed by atoms with Crippen LogP contribution in [-0.2, 0) is 0 Å². The zero-order valence-electron chi connectivity index (χ0n) is 12.1. The van der Waals surface area contributed by atoms with E-state index in [0.29, 0.717) is 11.3 Å². The van der Waals surface area contributed by atoms with Crippen LogP contribution in [0.25, 0.3) is 22.2 Å². The van der Waals surface area contributed by atoms with Gasteiger partial charge in [-0.15, -0.1) is 13.2 Å². The first kappa shape index (κ1) is 15.1. The normalized spacial score (nSPS) is 11.7. The van der Waals surface area contributed by atoms with Crippen LogP contribution in [0.1, 0.15) is 5.56 Å². The Kier molecular flexibility index (Phi) is 3.60. The molecule has 0 bridgehead atoms. The number of hydrogen-bond acceptors (Lipinski definition) is 3. The average molecular weight is 319 g/mol. The molecule has 0 radical (unpaired) electrons. The van der Waals surface area contributed by atoms with Gasteiger partial charge in [-0.3, -0.25) is 0 Å². The van der Waals surface area contributed by atoms with Gasteiger partial charge in [0.2, 0.25) is 0 Å². The highest BCUT2D eigenvalue weighted by Crippen LogP contribution is 2.35. The number of pyridine rings is 1. The standard InChI is InChI=1S/C17H12F3NO2/c1-10-8-14(21-13-5-3-2-4-12(10)13)11-6-7-15(22)16(9-11)23-17(18,19)20/h2-9,22H,1H3. The Balaban J connectivity index is 2.10. The van der Waals surface area contributed by atoms with E-state index in [4.69, 9.17) is 0 Å². The molecule has 0 atom stereocenters. The summed E-state index contributed by atoms with van der Waals surface area (Å²) in [6.45, 7) is 1.90. The second-order valence-corrected chi connectivity index (χ2v) is 5.07. The highest BCUT2D eigenvalue weighted by atomic mass is 19.4. The van der Waals surface area contributed by atoms with Gasteiger partial charge in [0.1, 0.15) is 0 Å². The number of hydrogen-bond donors (Lipinski definition) is 1. The molecule has 0 amide bonds. The van der Waals surface area contributed by atoms with Crippen molar-refractivity contribution in [2.75, 3.05) is 0 Å². The minimum Gasteiger partial charge on any atom is -0.504 e. The maximum Gasteiger partial charge on any atom is 0.573 e. The van der Waals surface area contributed by atoms with Crippen LogP contribution in [0.5, 0.6) is 11.5 Å². The van der Waals surface area contributed by atoms with Crippen LogP contribution in [0.3, 0.4) is 0 Å². The van der Waals surface area contributed by atoms with Crippen molar-refractivity contribution in [1.82, 2.24) is 4.98 Å². The highest BCUT2D eigenvalue weighted by molar-refractivity contribution is 5.85. The van der Waals surface area contributed by atoms with E-state index in [1.165, 1.54) is 6.07 Å². The summed E-state index contributed by atoms with van der Waals surface area (Å²) >= 11 is 0. The summed E-state index contributed by atoms with van der Waals surface area (Å²) in [5.74, 6) is -1.23. The lowest BCUT2D eigenvalue weighted by Crippen LogP contribution is -2.17. The lowest BCUT2D eigenvalue weighted by atomic mass is 10.0. The third-order valence-corrected chi connectivity index (χ3v) is 3.40. The van der Waals surface area contributed by atoms with Crippen LogP contribution in [0.4, 0.5) is 13.2 Å². The Bertz CT molecular complexity index is 875. The molecule has 0 fully saturated rings. The lowest BCUT2D eigenvalue weighted by molar-refractivity contribution is -0.275. The minimum absolute atomic E-state index is 0.427. The van der Waals surface area contributed by atoms with E-state index in [0.717, 1.165) is 28.6 Å². The molecule has 1 N–H and O–H groups in total. The van der Waals surface area contributed by atoms with Crippen molar-refractivity contribution in [3.05, 3.63) is 54.1 Å².